The van der Waals surface area contributed by atoms with Gasteiger partial charge in [-0.25, -0.2) is 0 Å². The van der Waals surface area contributed by atoms with Crippen LogP contribution < -0.4 is 0 Å². The number of rotatable bonds is 3. The molecule has 2 heterocycles. The van der Waals surface area contributed by atoms with Gasteiger partial charge in [-0.2, -0.15) is 0 Å². The monoisotopic (exact) mass is 273 g/mol. The topological polar surface area (TPSA) is 48.4 Å². The Hall–Kier alpha value is -1.46. The van der Waals surface area contributed by atoms with Crippen LogP contribution in [0.3, 0.4) is 0 Å². The summed E-state index contributed by atoms with van der Waals surface area (Å²) in [6, 6.07) is 1.92. The Labute approximate surface area is 120 Å². The molecule has 4 nitrogen and oxygen atoms in total. The SMILES string of the molecule is Cc1cc(/C=C/B2OC(C)(C)C(C)(C)O2)cnc1C=O. The zero-order valence-electron chi connectivity index (χ0n) is 12.6. The van der Waals surface area contributed by atoms with Gasteiger partial charge in [0.15, 0.2) is 6.29 Å². The minimum atomic E-state index is -0.369. The van der Waals surface area contributed by atoms with Gasteiger partial charge in [0.2, 0.25) is 0 Å². The molecule has 1 aliphatic rings. The molecule has 0 aliphatic carbocycles. The summed E-state index contributed by atoms with van der Waals surface area (Å²) >= 11 is 0. The largest absolute Gasteiger partial charge is 0.487 e. The third-order valence-electron chi connectivity index (χ3n) is 3.97. The van der Waals surface area contributed by atoms with Crippen LogP contribution in [0.1, 0.15) is 49.3 Å². The Morgan fingerprint density at radius 1 is 1.20 bits per heavy atom. The molecule has 0 N–H and O–H groups in total. The molecule has 0 saturated carbocycles. The highest BCUT2D eigenvalue weighted by Crippen LogP contribution is 2.36. The van der Waals surface area contributed by atoms with Gasteiger partial charge in [0.25, 0.3) is 0 Å². The molecule has 106 valence electrons. The highest BCUT2D eigenvalue weighted by atomic mass is 16.7. The van der Waals surface area contributed by atoms with Crippen LogP contribution in [-0.2, 0) is 9.31 Å². The lowest BCUT2D eigenvalue weighted by atomic mass is 9.89. The van der Waals surface area contributed by atoms with Crippen molar-refractivity contribution in [2.75, 3.05) is 0 Å². The van der Waals surface area contributed by atoms with Crippen molar-refractivity contribution >= 4 is 19.5 Å². The van der Waals surface area contributed by atoms with E-state index in [2.05, 4.69) is 4.98 Å². The molecule has 0 atom stereocenters. The van der Waals surface area contributed by atoms with Gasteiger partial charge < -0.3 is 9.31 Å². The number of aromatic nitrogens is 1. The van der Waals surface area contributed by atoms with Crippen molar-refractivity contribution in [3.8, 4) is 0 Å². The minimum Gasteiger partial charge on any atom is -0.400 e. The second-order valence-electron chi connectivity index (χ2n) is 6.07. The third-order valence-corrected chi connectivity index (χ3v) is 3.97. The normalized spacial score (nSPS) is 20.6. The number of hydrogen-bond donors (Lipinski definition) is 0. The average Bonchev–Trinajstić information content (AvgIpc) is 2.55. The van der Waals surface area contributed by atoms with Crippen LogP contribution in [0.5, 0.6) is 0 Å². The summed E-state index contributed by atoms with van der Waals surface area (Å²) in [6.45, 7) is 9.94. The molecule has 1 saturated heterocycles. The van der Waals surface area contributed by atoms with Crippen molar-refractivity contribution in [1.82, 2.24) is 4.98 Å². The lowest BCUT2D eigenvalue weighted by molar-refractivity contribution is 0.00578. The molecule has 5 heteroatoms. The predicted octanol–water partition coefficient (Wildman–Crippen LogP) is 2.85. The maximum atomic E-state index is 10.7. The molecule has 1 fully saturated rings. The number of pyridine rings is 1. The fraction of sp³-hybridized carbons (Fsp3) is 0.467. The third kappa shape index (κ3) is 2.84. The van der Waals surface area contributed by atoms with E-state index in [9.17, 15) is 4.79 Å². The maximum Gasteiger partial charge on any atom is 0.487 e. The molecule has 0 aromatic carbocycles. The smallest absolute Gasteiger partial charge is 0.400 e. The van der Waals surface area contributed by atoms with E-state index in [1.165, 1.54) is 0 Å². The van der Waals surface area contributed by atoms with Crippen molar-refractivity contribution in [2.45, 2.75) is 45.8 Å². The number of hydrogen-bond acceptors (Lipinski definition) is 4. The zero-order chi connectivity index (χ0) is 15.0. The fourth-order valence-corrected chi connectivity index (χ4v) is 1.98. The molecular formula is C15H20BNO3. The average molecular weight is 273 g/mol. The van der Waals surface area contributed by atoms with Gasteiger partial charge in [0, 0.05) is 6.20 Å². The number of aldehydes is 1. The first-order valence-corrected chi connectivity index (χ1v) is 6.71. The predicted molar refractivity (Wildman–Crippen MR) is 79.5 cm³/mol. The van der Waals surface area contributed by atoms with Crippen LogP contribution in [0.15, 0.2) is 18.2 Å². The first-order chi connectivity index (χ1) is 9.25. The van der Waals surface area contributed by atoms with E-state index < -0.39 is 0 Å². The summed E-state index contributed by atoms with van der Waals surface area (Å²) in [6.07, 6.45) is 4.33. The van der Waals surface area contributed by atoms with E-state index in [1.54, 1.807) is 6.20 Å². The van der Waals surface area contributed by atoms with Crippen molar-refractivity contribution in [3.63, 3.8) is 0 Å². The molecule has 1 aromatic heterocycles. The summed E-state index contributed by atoms with van der Waals surface area (Å²) in [5.74, 6) is 1.87. The second kappa shape index (κ2) is 5.15. The summed E-state index contributed by atoms with van der Waals surface area (Å²) in [4.78, 5) is 14.8. The Morgan fingerprint density at radius 3 is 2.30 bits per heavy atom. The van der Waals surface area contributed by atoms with Crippen molar-refractivity contribution in [1.29, 1.82) is 0 Å². The molecule has 0 radical (unpaired) electrons. The van der Waals surface area contributed by atoms with Crippen LogP contribution in [0.4, 0.5) is 0 Å². The molecule has 1 aliphatic heterocycles. The van der Waals surface area contributed by atoms with Gasteiger partial charge >= 0.3 is 7.12 Å². The Balaban J connectivity index is 2.12. The maximum absolute atomic E-state index is 10.7. The lowest BCUT2D eigenvalue weighted by Crippen LogP contribution is -2.41. The van der Waals surface area contributed by atoms with Crippen molar-refractivity contribution < 1.29 is 14.1 Å². The standard InChI is InChI=1S/C15H20BNO3/c1-11-8-12(9-17-13(11)10-18)6-7-16-19-14(2,3)15(4,5)20-16/h6-10H,1-5H3/b7-6+. The lowest BCUT2D eigenvalue weighted by Gasteiger charge is -2.32. The van der Waals surface area contributed by atoms with Gasteiger partial charge in [-0.3, -0.25) is 9.78 Å². The highest BCUT2D eigenvalue weighted by molar-refractivity contribution is 6.52. The van der Waals surface area contributed by atoms with Gasteiger partial charge in [0.05, 0.1) is 11.2 Å². The van der Waals surface area contributed by atoms with Gasteiger partial charge in [-0.05, 0) is 51.8 Å². The molecular weight excluding hydrogens is 253 g/mol. The molecule has 0 spiro atoms. The van der Waals surface area contributed by atoms with E-state index in [4.69, 9.17) is 9.31 Å². The van der Waals surface area contributed by atoms with Crippen LogP contribution in [0.2, 0.25) is 0 Å². The first-order valence-electron chi connectivity index (χ1n) is 6.71. The molecule has 0 amide bonds. The van der Waals surface area contributed by atoms with Gasteiger partial charge in [-0.1, -0.05) is 12.1 Å². The van der Waals surface area contributed by atoms with Crippen LogP contribution in [-0.4, -0.2) is 29.6 Å². The van der Waals surface area contributed by atoms with Crippen LogP contribution in [0, 0.1) is 6.92 Å². The summed E-state index contributed by atoms with van der Waals surface area (Å²) < 4.78 is 11.8. The van der Waals surface area contributed by atoms with E-state index in [-0.39, 0.29) is 18.3 Å². The molecule has 1 aromatic rings. The summed E-state index contributed by atoms with van der Waals surface area (Å²) in [5.41, 5.74) is 1.58. The van der Waals surface area contributed by atoms with Crippen LogP contribution in [0.25, 0.3) is 6.08 Å². The first kappa shape index (κ1) is 14.9. The Kier molecular flexibility index (Phi) is 3.85. The van der Waals surface area contributed by atoms with Crippen LogP contribution >= 0.6 is 0 Å². The summed E-state index contributed by atoms with van der Waals surface area (Å²) in [5, 5.41) is 0. The molecule has 2 rings (SSSR count). The quantitative estimate of drug-likeness (QED) is 0.627. The Morgan fingerprint density at radius 2 is 1.80 bits per heavy atom. The van der Waals surface area contributed by atoms with Crippen molar-refractivity contribution in [2.24, 2.45) is 0 Å². The zero-order valence-corrected chi connectivity index (χ0v) is 12.6. The van der Waals surface area contributed by atoms with E-state index in [0.717, 1.165) is 17.4 Å². The molecule has 0 unspecified atom stereocenters. The van der Waals surface area contributed by atoms with E-state index in [1.807, 2.05) is 52.7 Å². The van der Waals surface area contributed by atoms with Gasteiger partial charge in [0.1, 0.15) is 5.69 Å². The van der Waals surface area contributed by atoms with Crippen molar-refractivity contribution in [3.05, 3.63) is 35.1 Å². The minimum absolute atomic E-state index is 0.336. The number of aryl methyl sites for hydroxylation is 1. The molecule has 0 bridgehead atoms. The second-order valence-corrected chi connectivity index (χ2v) is 6.07. The number of nitrogens with zero attached hydrogens (tertiary/aromatic N) is 1. The number of carbonyl (C=O) groups excluding carboxylic acids is 1. The molecule has 20 heavy (non-hydrogen) atoms. The Bertz CT molecular complexity index is 536. The number of carbonyl (C=O) groups is 1. The summed E-state index contributed by atoms with van der Waals surface area (Å²) in [7, 11) is -0.369. The highest BCUT2D eigenvalue weighted by Gasteiger charge is 2.49. The van der Waals surface area contributed by atoms with E-state index >= 15 is 0 Å². The van der Waals surface area contributed by atoms with Gasteiger partial charge in [-0.15, -0.1) is 0 Å². The fourth-order valence-electron chi connectivity index (χ4n) is 1.98. The van der Waals surface area contributed by atoms with E-state index in [0.29, 0.717) is 5.69 Å².